The molecule has 1 aromatic carbocycles. The van der Waals surface area contributed by atoms with E-state index in [9.17, 15) is 5.11 Å². The van der Waals surface area contributed by atoms with Gasteiger partial charge in [-0.1, -0.05) is 6.92 Å². The number of ether oxygens (including phenoxy) is 1. The van der Waals surface area contributed by atoms with E-state index in [4.69, 9.17) is 4.74 Å². The van der Waals surface area contributed by atoms with Crippen LogP contribution in [-0.4, -0.2) is 11.2 Å². The Morgan fingerprint density at radius 3 is 3.17 bits per heavy atom. The van der Waals surface area contributed by atoms with Crippen molar-refractivity contribution >= 4 is 0 Å². The fourth-order valence-corrected chi connectivity index (χ4v) is 1.53. The van der Waals surface area contributed by atoms with Crippen molar-refractivity contribution in [2.45, 2.75) is 25.9 Å². The molecule has 1 N–H and O–H groups in total. The van der Waals surface area contributed by atoms with E-state index in [0.29, 0.717) is 11.9 Å². The maximum Gasteiger partial charge on any atom is 0.123 e. The number of hydrogen-bond donors (Lipinski definition) is 1. The number of phenols is 1. The summed E-state index contributed by atoms with van der Waals surface area (Å²) in [5, 5.41) is 9.20. The second-order valence-electron chi connectivity index (χ2n) is 3.14. The van der Waals surface area contributed by atoms with Crippen LogP contribution < -0.4 is 4.74 Å². The summed E-state index contributed by atoms with van der Waals surface area (Å²) >= 11 is 0. The van der Waals surface area contributed by atoms with Crippen LogP contribution in [0.15, 0.2) is 18.2 Å². The zero-order chi connectivity index (χ0) is 8.55. The van der Waals surface area contributed by atoms with Crippen LogP contribution in [0.3, 0.4) is 0 Å². The third-order valence-electron chi connectivity index (χ3n) is 2.24. The molecule has 0 radical (unpaired) electrons. The van der Waals surface area contributed by atoms with Gasteiger partial charge in [0.2, 0.25) is 0 Å². The van der Waals surface area contributed by atoms with Crippen LogP contribution in [0.25, 0.3) is 0 Å². The lowest BCUT2D eigenvalue weighted by Crippen LogP contribution is -2.10. The van der Waals surface area contributed by atoms with Crippen molar-refractivity contribution in [1.29, 1.82) is 0 Å². The average Bonchev–Trinajstić information content (AvgIpc) is 2.46. The van der Waals surface area contributed by atoms with Crippen LogP contribution in [-0.2, 0) is 6.42 Å². The number of fused-ring (bicyclic) bond motifs is 1. The predicted octanol–water partition coefficient (Wildman–Crippen LogP) is 2.11. The average molecular weight is 164 g/mol. The summed E-state index contributed by atoms with van der Waals surface area (Å²) in [5.41, 5.74) is 1.13. The lowest BCUT2D eigenvalue weighted by atomic mass is 10.1. The van der Waals surface area contributed by atoms with E-state index in [-0.39, 0.29) is 0 Å². The monoisotopic (exact) mass is 164 g/mol. The minimum Gasteiger partial charge on any atom is -0.508 e. The van der Waals surface area contributed by atoms with Gasteiger partial charge in [-0.25, -0.2) is 0 Å². The summed E-state index contributed by atoms with van der Waals surface area (Å²) in [6.45, 7) is 2.11. The predicted molar refractivity (Wildman–Crippen MR) is 46.5 cm³/mol. The van der Waals surface area contributed by atoms with Gasteiger partial charge in [-0.05, 0) is 24.6 Å². The summed E-state index contributed by atoms with van der Waals surface area (Å²) in [6.07, 6.45) is 2.26. The third-order valence-corrected chi connectivity index (χ3v) is 2.24. The van der Waals surface area contributed by atoms with Crippen molar-refractivity contribution in [3.63, 3.8) is 0 Å². The molecule has 2 heteroatoms. The van der Waals surface area contributed by atoms with Crippen molar-refractivity contribution in [3.8, 4) is 11.5 Å². The molecule has 0 aromatic heterocycles. The molecule has 0 bridgehead atoms. The van der Waals surface area contributed by atoms with Gasteiger partial charge >= 0.3 is 0 Å². The summed E-state index contributed by atoms with van der Waals surface area (Å²) in [4.78, 5) is 0. The van der Waals surface area contributed by atoms with Gasteiger partial charge < -0.3 is 9.84 Å². The van der Waals surface area contributed by atoms with Gasteiger partial charge in [0.1, 0.15) is 17.6 Å². The van der Waals surface area contributed by atoms with Crippen molar-refractivity contribution in [3.05, 3.63) is 23.8 Å². The molecule has 1 unspecified atom stereocenters. The minimum atomic E-state index is 0.307. The molecule has 2 rings (SSSR count). The van der Waals surface area contributed by atoms with Crippen molar-refractivity contribution in [1.82, 2.24) is 0 Å². The highest BCUT2D eigenvalue weighted by molar-refractivity contribution is 5.42. The topological polar surface area (TPSA) is 29.5 Å². The molecular formula is C10H12O2. The van der Waals surface area contributed by atoms with Crippen molar-refractivity contribution < 1.29 is 9.84 Å². The molecular weight excluding hydrogens is 152 g/mol. The quantitative estimate of drug-likeness (QED) is 0.688. The zero-order valence-corrected chi connectivity index (χ0v) is 7.08. The fraction of sp³-hybridized carbons (Fsp3) is 0.400. The van der Waals surface area contributed by atoms with Crippen LogP contribution in [0.5, 0.6) is 11.5 Å². The molecule has 1 heterocycles. The summed E-state index contributed by atoms with van der Waals surface area (Å²) < 4.78 is 5.60. The maximum atomic E-state index is 9.20. The van der Waals surface area contributed by atoms with Gasteiger partial charge in [0.05, 0.1) is 0 Å². The number of aromatic hydroxyl groups is 1. The largest absolute Gasteiger partial charge is 0.508 e. The Morgan fingerprint density at radius 1 is 1.58 bits per heavy atom. The van der Waals surface area contributed by atoms with E-state index in [1.807, 2.05) is 6.07 Å². The molecule has 0 spiro atoms. The Balaban J connectivity index is 2.30. The van der Waals surface area contributed by atoms with Crippen LogP contribution in [0.2, 0.25) is 0 Å². The SMILES string of the molecule is CCC1Cc2cc(O)ccc2O1. The molecule has 0 aliphatic carbocycles. The van der Waals surface area contributed by atoms with E-state index in [2.05, 4.69) is 6.92 Å². The van der Waals surface area contributed by atoms with Crippen LogP contribution in [0, 0.1) is 0 Å². The Bertz CT molecular complexity index is 294. The van der Waals surface area contributed by atoms with Crippen molar-refractivity contribution in [2.24, 2.45) is 0 Å². The van der Waals surface area contributed by atoms with Crippen molar-refractivity contribution in [2.75, 3.05) is 0 Å². The van der Waals surface area contributed by atoms with E-state index < -0.39 is 0 Å². The number of benzene rings is 1. The smallest absolute Gasteiger partial charge is 0.123 e. The second-order valence-corrected chi connectivity index (χ2v) is 3.14. The van der Waals surface area contributed by atoms with Crippen LogP contribution in [0.1, 0.15) is 18.9 Å². The Morgan fingerprint density at radius 2 is 2.42 bits per heavy atom. The maximum absolute atomic E-state index is 9.20. The van der Waals surface area contributed by atoms with E-state index >= 15 is 0 Å². The first kappa shape index (κ1) is 7.47. The lowest BCUT2D eigenvalue weighted by molar-refractivity contribution is 0.228. The molecule has 1 aliphatic heterocycles. The highest BCUT2D eigenvalue weighted by Crippen LogP contribution is 2.32. The Labute approximate surface area is 71.8 Å². The van der Waals surface area contributed by atoms with E-state index in [1.54, 1.807) is 12.1 Å². The molecule has 1 atom stereocenters. The Kier molecular flexibility index (Phi) is 1.68. The molecule has 0 amide bonds. The number of rotatable bonds is 1. The van der Waals surface area contributed by atoms with Gasteiger partial charge in [0.25, 0.3) is 0 Å². The van der Waals surface area contributed by atoms with Gasteiger partial charge in [-0.3, -0.25) is 0 Å². The highest BCUT2D eigenvalue weighted by atomic mass is 16.5. The van der Waals surface area contributed by atoms with E-state index in [1.165, 1.54) is 0 Å². The zero-order valence-electron chi connectivity index (χ0n) is 7.08. The second kappa shape index (κ2) is 2.70. The lowest BCUT2D eigenvalue weighted by Gasteiger charge is -2.05. The van der Waals surface area contributed by atoms with Gasteiger partial charge in [-0.2, -0.15) is 0 Å². The molecule has 1 aliphatic rings. The van der Waals surface area contributed by atoms with Gasteiger partial charge in [0, 0.05) is 12.0 Å². The first-order valence-corrected chi connectivity index (χ1v) is 4.28. The Hall–Kier alpha value is -1.18. The number of hydrogen-bond acceptors (Lipinski definition) is 2. The first-order chi connectivity index (χ1) is 5.79. The first-order valence-electron chi connectivity index (χ1n) is 4.28. The molecule has 0 saturated carbocycles. The van der Waals surface area contributed by atoms with Gasteiger partial charge in [0.15, 0.2) is 0 Å². The van der Waals surface area contributed by atoms with Gasteiger partial charge in [-0.15, -0.1) is 0 Å². The summed E-state index contributed by atoms with van der Waals surface area (Å²) in [7, 11) is 0. The van der Waals surface area contributed by atoms with Crippen LogP contribution >= 0.6 is 0 Å². The number of phenolic OH excluding ortho intramolecular Hbond substituents is 1. The normalized spacial score (nSPS) is 20.2. The van der Waals surface area contributed by atoms with Crippen LogP contribution in [0.4, 0.5) is 0 Å². The third kappa shape index (κ3) is 1.13. The molecule has 2 nitrogen and oxygen atoms in total. The molecule has 64 valence electrons. The van der Waals surface area contributed by atoms with E-state index in [0.717, 1.165) is 24.2 Å². The minimum absolute atomic E-state index is 0.307. The fourth-order valence-electron chi connectivity index (χ4n) is 1.53. The highest BCUT2D eigenvalue weighted by Gasteiger charge is 2.20. The summed E-state index contributed by atoms with van der Waals surface area (Å²) in [5.74, 6) is 1.26. The molecule has 1 aromatic rings. The summed E-state index contributed by atoms with van der Waals surface area (Å²) in [6, 6.07) is 5.28. The standard InChI is InChI=1S/C10H12O2/c1-2-9-6-7-5-8(11)3-4-10(7)12-9/h3-5,9,11H,2,6H2,1H3. The molecule has 0 fully saturated rings. The molecule has 12 heavy (non-hydrogen) atoms. The molecule has 0 saturated heterocycles.